The van der Waals surface area contributed by atoms with Crippen LogP contribution in [-0.2, 0) is 6.54 Å². The van der Waals surface area contributed by atoms with Crippen molar-refractivity contribution < 1.29 is 8.78 Å². The second-order valence-corrected chi connectivity index (χ2v) is 9.64. The van der Waals surface area contributed by atoms with Gasteiger partial charge in [-0.1, -0.05) is 86.2 Å². The zero-order valence-corrected chi connectivity index (χ0v) is 21.1. The van der Waals surface area contributed by atoms with Crippen molar-refractivity contribution in [3.8, 4) is 0 Å². The fourth-order valence-electron chi connectivity index (χ4n) is 3.96. The van der Waals surface area contributed by atoms with Gasteiger partial charge in [-0.3, -0.25) is 0 Å². The summed E-state index contributed by atoms with van der Waals surface area (Å²) in [6, 6.07) is 17.4. The van der Waals surface area contributed by atoms with Crippen LogP contribution >= 0.6 is 0 Å². The maximum atomic E-state index is 13.2. The van der Waals surface area contributed by atoms with Crippen LogP contribution in [0.4, 0.5) is 8.78 Å². The molecule has 0 spiro atoms. The Hall–Kier alpha value is -2.26. The predicted molar refractivity (Wildman–Crippen MR) is 139 cm³/mol. The summed E-state index contributed by atoms with van der Waals surface area (Å²) in [7, 11) is 0. The first-order valence-electron chi connectivity index (χ1n) is 12.2. The molecule has 0 aromatic heterocycles. The Morgan fingerprint density at radius 2 is 1.85 bits per heavy atom. The normalized spacial score (nSPS) is 14.2. The highest BCUT2D eigenvalue weighted by Crippen LogP contribution is 2.24. The van der Waals surface area contributed by atoms with Crippen molar-refractivity contribution in [1.82, 2.24) is 5.32 Å². The smallest absolute Gasteiger partial charge is 0.245 e. The quantitative estimate of drug-likeness (QED) is 0.299. The summed E-state index contributed by atoms with van der Waals surface area (Å²) in [5.41, 5.74) is 7.28. The first kappa shape index (κ1) is 27.0. The minimum atomic E-state index is -2.61. The van der Waals surface area contributed by atoms with Gasteiger partial charge in [-0.15, -0.1) is 0 Å². The van der Waals surface area contributed by atoms with Crippen molar-refractivity contribution in [3.05, 3.63) is 89.0 Å². The largest absolute Gasteiger partial charge is 0.306 e. The number of aryl methyl sites for hydroxylation is 1. The molecule has 2 aromatic rings. The van der Waals surface area contributed by atoms with Gasteiger partial charge in [-0.25, -0.2) is 8.78 Å². The maximum absolute atomic E-state index is 13.2. The van der Waals surface area contributed by atoms with Crippen LogP contribution in [0.25, 0.3) is 5.57 Å². The average molecular weight is 454 g/mol. The molecule has 0 saturated carbocycles. The minimum Gasteiger partial charge on any atom is -0.306 e. The van der Waals surface area contributed by atoms with Gasteiger partial charge < -0.3 is 5.32 Å². The number of hydrogen-bond donors (Lipinski definition) is 1. The molecule has 0 aliphatic carbocycles. The van der Waals surface area contributed by atoms with Crippen LogP contribution in [0.1, 0.15) is 88.0 Å². The lowest BCUT2D eigenvalue weighted by Gasteiger charge is -2.19. The third kappa shape index (κ3) is 10.0. The number of allylic oxidation sites excluding steroid dienone is 1. The number of rotatable bonds is 13. The number of alkyl halides is 2. The van der Waals surface area contributed by atoms with Crippen molar-refractivity contribution >= 4 is 5.57 Å². The zero-order chi connectivity index (χ0) is 24.4. The molecule has 2 aromatic carbocycles. The second-order valence-electron chi connectivity index (χ2n) is 9.64. The number of hydrogen-bond acceptors (Lipinski definition) is 1. The molecule has 0 radical (unpaired) electrons. The highest BCUT2D eigenvalue weighted by Gasteiger charge is 2.20. The third-order valence-electron chi connectivity index (χ3n) is 6.31. The lowest BCUT2D eigenvalue weighted by molar-refractivity contribution is 0.0111. The SMILES string of the molecule is C=C(CCCC(C)(F)F)CC(/C=C(\C)c1ccc(C)cc1)NCc1cccc(C(C)CC)c1. The Kier molecular flexibility index (Phi) is 10.5. The third-order valence-corrected chi connectivity index (χ3v) is 6.31. The van der Waals surface area contributed by atoms with Crippen LogP contribution in [0.5, 0.6) is 0 Å². The van der Waals surface area contributed by atoms with Crippen LogP contribution in [-0.4, -0.2) is 12.0 Å². The van der Waals surface area contributed by atoms with E-state index >= 15 is 0 Å². The Morgan fingerprint density at radius 3 is 2.48 bits per heavy atom. The van der Waals surface area contributed by atoms with E-state index in [9.17, 15) is 8.78 Å². The van der Waals surface area contributed by atoms with Crippen molar-refractivity contribution in [2.45, 2.75) is 91.1 Å². The van der Waals surface area contributed by atoms with E-state index in [1.54, 1.807) is 0 Å². The first-order chi connectivity index (χ1) is 15.6. The Bertz CT molecular complexity index is 906. The summed E-state index contributed by atoms with van der Waals surface area (Å²) >= 11 is 0. The molecule has 33 heavy (non-hydrogen) atoms. The van der Waals surface area contributed by atoms with Crippen molar-refractivity contribution in [1.29, 1.82) is 0 Å². The Morgan fingerprint density at radius 1 is 1.15 bits per heavy atom. The molecule has 3 heteroatoms. The van der Waals surface area contributed by atoms with Crippen LogP contribution < -0.4 is 5.32 Å². The van der Waals surface area contributed by atoms with Crippen LogP contribution in [0, 0.1) is 6.92 Å². The van der Waals surface area contributed by atoms with E-state index in [-0.39, 0.29) is 12.5 Å². The monoisotopic (exact) mass is 453 g/mol. The van der Waals surface area contributed by atoms with E-state index in [1.807, 2.05) is 0 Å². The molecule has 2 rings (SSSR count). The van der Waals surface area contributed by atoms with Crippen molar-refractivity contribution in [3.63, 3.8) is 0 Å². The molecule has 2 unspecified atom stereocenters. The molecule has 0 saturated heterocycles. The molecular formula is C30H41F2N. The van der Waals surface area contributed by atoms with Gasteiger partial charge in [0.1, 0.15) is 0 Å². The summed E-state index contributed by atoms with van der Waals surface area (Å²) in [6.07, 6.45) is 5.11. The van der Waals surface area contributed by atoms with Gasteiger partial charge in [0.2, 0.25) is 5.92 Å². The van der Waals surface area contributed by atoms with E-state index in [4.69, 9.17) is 0 Å². The molecule has 0 amide bonds. The van der Waals surface area contributed by atoms with Gasteiger partial charge >= 0.3 is 0 Å². The van der Waals surface area contributed by atoms with Gasteiger partial charge in [0, 0.05) is 19.0 Å². The predicted octanol–water partition coefficient (Wildman–Crippen LogP) is 8.84. The minimum absolute atomic E-state index is 0.0909. The van der Waals surface area contributed by atoms with E-state index in [1.165, 1.54) is 27.8 Å². The number of benzene rings is 2. The summed E-state index contributed by atoms with van der Waals surface area (Å²) < 4.78 is 26.4. The van der Waals surface area contributed by atoms with Gasteiger partial charge in [0.15, 0.2) is 0 Å². The van der Waals surface area contributed by atoms with Crippen molar-refractivity contribution in [2.24, 2.45) is 0 Å². The number of nitrogens with one attached hydrogen (secondary N) is 1. The standard InChI is InChI=1S/C30H41F2N/c1-7-24(4)28-12-8-11-26(20-28)21-33-29(18-23(3)10-9-17-30(6,31)32)19-25(5)27-15-13-22(2)14-16-27/h8,11-16,19-20,24,29,33H,3,7,9-10,17-18,21H2,1-2,4-6H3/b25-19+. The van der Waals surface area contributed by atoms with Gasteiger partial charge in [-0.05, 0) is 74.6 Å². The van der Waals surface area contributed by atoms with E-state index in [2.05, 4.69) is 94.2 Å². The van der Waals surface area contributed by atoms with E-state index in [0.29, 0.717) is 18.8 Å². The molecule has 2 atom stereocenters. The van der Waals surface area contributed by atoms with Crippen LogP contribution in [0.2, 0.25) is 0 Å². The van der Waals surface area contributed by atoms with Gasteiger partial charge in [-0.2, -0.15) is 0 Å². The van der Waals surface area contributed by atoms with Crippen molar-refractivity contribution in [2.75, 3.05) is 0 Å². The fourth-order valence-corrected chi connectivity index (χ4v) is 3.96. The highest BCUT2D eigenvalue weighted by atomic mass is 19.3. The molecule has 1 N–H and O–H groups in total. The second kappa shape index (κ2) is 12.8. The van der Waals surface area contributed by atoms with Crippen LogP contribution in [0.3, 0.4) is 0 Å². The zero-order valence-electron chi connectivity index (χ0n) is 21.1. The lowest BCUT2D eigenvalue weighted by atomic mass is 9.96. The van der Waals surface area contributed by atoms with Gasteiger partial charge in [0.25, 0.3) is 0 Å². The lowest BCUT2D eigenvalue weighted by Crippen LogP contribution is -2.27. The number of halogens is 2. The summed E-state index contributed by atoms with van der Waals surface area (Å²) in [5, 5.41) is 3.68. The molecule has 0 aliphatic heterocycles. The summed E-state index contributed by atoms with van der Waals surface area (Å²) in [6.45, 7) is 14.6. The maximum Gasteiger partial charge on any atom is 0.245 e. The average Bonchev–Trinajstić information content (AvgIpc) is 2.76. The highest BCUT2D eigenvalue weighted by molar-refractivity contribution is 5.64. The summed E-state index contributed by atoms with van der Waals surface area (Å²) in [5.74, 6) is -2.07. The molecular weight excluding hydrogens is 412 g/mol. The molecule has 1 nitrogen and oxygen atoms in total. The van der Waals surface area contributed by atoms with Gasteiger partial charge in [0.05, 0.1) is 0 Å². The molecule has 0 heterocycles. The molecule has 0 bridgehead atoms. The van der Waals surface area contributed by atoms with E-state index in [0.717, 1.165) is 31.9 Å². The summed E-state index contributed by atoms with van der Waals surface area (Å²) in [4.78, 5) is 0. The van der Waals surface area contributed by atoms with Crippen LogP contribution in [0.15, 0.2) is 66.8 Å². The fraction of sp³-hybridized carbons (Fsp3) is 0.467. The first-order valence-corrected chi connectivity index (χ1v) is 12.2. The topological polar surface area (TPSA) is 12.0 Å². The van der Waals surface area contributed by atoms with E-state index < -0.39 is 5.92 Å². The molecule has 180 valence electrons. The Balaban J connectivity index is 2.11. The Labute approximate surface area is 200 Å². The molecule has 0 aliphatic rings. The molecule has 0 fully saturated rings.